The molecule has 1 saturated carbocycles. The van der Waals surface area contributed by atoms with Gasteiger partial charge in [0.25, 0.3) is 0 Å². The van der Waals surface area contributed by atoms with Gasteiger partial charge in [-0.15, -0.1) is 23.1 Å². The van der Waals surface area contributed by atoms with Gasteiger partial charge in [0.2, 0.25) is 11.8 Å². The lowest BCUT2D eigenvalue weighted by Crippen LogP contribution is -2.22. The Balaban J connectivity index is 1.38. The van der Waals surface area contributed by atoms with E-state index in [1.165, 1.54) is 23.1 Å². The molecule has 2 N–H and O–H groups in total. The number of carbonyl (C=O) groups excluding carboxylic acids is 2. The molecule has 1 atom stereocenters. The molecule has 0 spiro atoms. The lowest BCUT2D eigenvalue weighted by Gasteiger charge is -2.12. The molecule has 1 aliphatic rings. The Kier molecular flexibility index (Phi) is 6.20. The lowest BCUT2D eigenvalue weighted by molar-refractivity contribution is -0.117. The highest BCUT2D eigenvalue weighted by Gasteiger charge is 2.29. The zero-order valence-electron chi connectivity index (χ0n) is 16.8. The van der Waals surface area contributed by atoms with Crippen LogP contribution in [0.1, 0.15) is 24.6 Å². The van der Waals surface area contributed by atoms with E-state index >= 15 is 0 Å². The van der Waals surface area contributed by atoms with Gasteiger partial charge in [-0.3, -0.25) is 9.59 Å². The third-order valence-electron chi connectivity index (χ3n) is 4.81. The fourth-order valence-corrected chi connectivity index (χ4v) is 4.78. The molecule has 0 bridgehead atoms. The van der Waals surface area contributed by atoms with Crippen LogP contribution < -0.4 is 10.6 Å². The number of nitrogens with one attached hydrogen (secondary N) is 2. The van der Waals surface area contributed by atoms with Gasteiger partial charge < -0.3 is 10.6 Å². The van der Waals surface area contributed by atoms with Crippen molar-refractivity contribution in [2.24, 2.45) is 5.92 Å². The van der Waals surface area contributed by atoms with E-state index in [0.717, 1.165) is 39.6 Å². The number of nitrogens with zero attached hydrogens (tertiary/aromatic N) is 1. The zero-order chi connectivity index (χ0) is 21.1. The Hall–Kier alpha value is -2.64. The van der Waals surface area contributed by atoms with Crippen LogP contribution in [0.5, 0.6) is 0 Å². The molecule has 1 heterocycles. The molecule has 3 aromatic rings. The predicted molar refractivity (Wildman–Crippen MR) is 124 cm³/mol. The summed E-state index contributed by atoms with van der Waals surface area (Å²) in [6.45, 7) is 3.88. The van der Waals surface area contributed by atoms with Crippen LogP contribution >= 0.6 is 23.1 Å². The SMILES string of the molecule is Cc1sc(NC(=O)C(C)Sc2cccc(NC(=O)C3CC3)c2)nc1-c1ccccc1. The van der Waals surface area contributed by atoms with E-state index in [4.69, 9.17) is 0 Å². The highest BCUT2D eigenvalue weighted by molar-refractivity contribution is 8.00. The minimum absolute atomic E-state index is 0.0799. The fourth-order valence-electron chi connectivity index (χ4n) is 3.02. The summed E-state index contributed by atoms with van der Waals surface area (Å²) >= 11 is 2.94. The van der Waals surface area contributed by atoms with Gasteiger partial charge in [0.05, 0.1) is 10.9 Å². The average molecular weight is 438 g/mol. The van der Waals surface area contributed by atoms with Crippen molar-refractivity contribution in [1.29, 1.82) is 0 Å². The Morgan fingerprint density at radius 1 is 1.10 bits per heavy atom. The Labute approximate surface area is 184 Å². The summed E-state index contributed by atoms with van der Waals surface area (Å²) in [6, 6.07) is 17.6. The summed E-state index contributed by atoms with van der Waals surface area (Å²) in [5.74, 6) is 0.144. The molecule has 154 valence electrons. The first-order chi connectivity index (χ1) is 14.5. The van der Waals surface area contributed by atoms with Crippen LogP contribution in [0.2, 0.25) is 0 Å². The van der Waals surface area contributed by atoms with Gasteiger partial charge in [0.1, 0.15) is 0 Å². The van der Waals surface area contributed by atoms with Crippen molar-refractivity contribution in [2.75, 3.05) is 10.6 Å². The number of aromatic nitrogens is 1. The second kappa shape index (κ2) is 9.02. The number of hydrogen-bond acceptors (Lipinski definition) is 5. The van der Waals surface area contributed by atoms with E-state index in [1.54, 1.807) is 0 Å². The van der Waals surface area contributed by atoms with Crippen LogP contribution in [0.4, 0.5) is 10.8 Å². The highest BCUT2D eigenvalue weighted by Crippen LogP contribution is 2.33. The maximum absolute atomic E-state index is 12.7. The number of hydrogen-bond donors (Lipinski definition) is 2. The number of thioether (sulfide) groups is 1. The first-order valence-corrected chi connectivity index (χ1v) is 11.6. The van der Waals surface area contributed by atoms with Gasteiger partial charge in [0, 0.05) is 26.9 Å². The molecule has 1 aromatic heterocycles. The standard InChI is InChI=1S/C23H23N3O2S2/c1-14-20(16-7-4-3-5-8-16)25-23(30-14)26-21(27)15(2)29-19-10-6-9-18(13-19)24-22(28)17-11-12-17/h3-10,13,15,17H,11-12H2,1-2H3,(H,24,28)(H,25,26,27). The zero-order valence-corrected chi connectivity index (χ0v) is 18.5. The van der Waals surface area contributed by atoms with E-state index in [0.29, 0.717) is 5.13 Å². The minimum Gasteiger partial charge on any atom is -0.326 e. The number of rotatable bonds is 7. The first-order valence-electron chi connectivity index (χ1n) is 9.91. The summed E-state index contributed by atoms with van der Waals surface area (Å²) < 4.78 is 0. The predicted octanol–water partition coefficient (Wildman–Crippen LogP) is 5.59. The molecule has 4 rings (SSSR count). The van der Waals surface area contributed by atoms with E-state index in [1.807, 2.05) is 68.4 Å². The molecule has 0 radical (unpaired) electrons. The number of benzene rings is 2. The molecule has 1 aliphatic carbocycles. The number of amides is 2. The number of anilines is 2. The first kappa shape index (κ1) is 20.6. The van der Waals surface area contributed by atoms with Crippen molar-refractivity contribution in [1.82, 2.24) is 4.98 Å². The molecule has 0 saturated heterocycles. The van der Waals surface area contributed by atoms with Gasteiger partial charge in [-0.25, -0.2) is 4.98 Å². The average Bonchev–Trinajstić information content (AvgIpc) is 3.52. The maximum atomic E-state index is 12.7. The van der Waals surface area contributed by atoms with E-state index < -0.39 is 0 Å². The van der Waals surface area contributed by atoms with Crippen LogP contribution in [-0.2, 0) is 9.59 Å². The van der Waals surface area contributed by atoms with Gasteiger partial charge in [-0.2, -0.15) is 0 Å². The summed E-state index contributed by atoms with van der Waals surface area (Å²) in [5.41, 5.74) is 2.71. The monoisotopic (exact) mass is 437 g/mol. The van der Waals surface area contributed by atoms with Crippen molar-refractivity contribution < 1.29 is 9.59 Å². The number of aryl methyl sites for hydroxylation is 1. The van der Waals surface area contributed by atoms with E-state index in [-0.39, 0.29) is 23.0 Å². The fraction of sp³-hybridized carbons (Fsp3) is 0.261. The number of thiazole rings is 1. The van der Waals surface area contributed by atoms with Crippen LogP contribution in [0, 0.1) is 12.8 Å². The maximum Gasteiger partial charge on any atom is 0.239 e. The number of carbonyl (C=O) groups is 2. The Bertz CT molecular complexity index is 1060. The Morgan fingerprint density at radius 2 is 1.87 bits per heavy atom. The molecule has 2 aromatic carbocycles. The molecule has 5 nitrogen and oxygen atoms in total. The topological polar surface area (TPSA) is 71.1 Å². The Morgan fingerprint density at radius 3 is 2.60 bits per heavy atom. The van der Waals surface area contributed by atoms with Gasteiger partial charge in [-0.1, -0.05) is 36.4 Å². The molecular formula is C23H23N3O2S2. The normalized spacial score (nSPS) is 14.2. The summed E-state index contributed by atoms with van der Waals surface area (Å²) in [6.07, 6.45) is 1.94. The largest absolute Gasteiger partial charge is 0.326 e. The molecule has 30 heavy (non-hydrogen) atoms. The van der Waals surface area contributed by atoms with E-state index in [2.05, 4.69) is 15.6 Å². The summed E-state index contributed by atoms with van der Waals surface area (Å²) in [7, 11) is 0. The van der Waals surface area contributed by atoms with Crippen LogP contribution in [0.25, 0.3) is 11.3 Å². The minimum atomic E-state index is -0.302. The molecule has 0 aliphatic heterocycles. The second-order valence-electron chi connectivity index (χ2n) is 7.33. The summed E-state index contributed by atoms with van der Waals surface area (Å²) in [4.78, 5) is 31.3. The molecule has 1 unspecified atom stereocenters. The van der Waals surface area contributed by atoms with Crippen LogP contribution in [0.3, 0.4) is 0 Å². The molecular weight excluding hydrogens is 414 g/mol. The van der Waals surface area contributed by atoms with Crippen LogP contribution in [0.15, 0.2) is 59.5 Å². The molecule has 1 fully saturated rings. The quantitative estimate of drug-likeness (QED) is 0.473. The molecule has 7 heteroatoms. The second-order valence-corrected chi connectivity index (χ2v) is 9.95. The van der Waals surface area contributed by atoms with Crippen molar-refractivity contribution in [3.8, 4) is 11.3 Å². The van der Waals surface area contributed by atoms with E-state index in [9.17, 15) is 9.59 Å². The van der Waals surface area contributed by atoms with Gasteiger partial charge in [-0.05, 0) is 44.9 Å². The third kappa shape index (κ3) is 5.09. The van der Waals surface area contributed by atoms with Crippen molar-refractivity contribution in [3.05, 3.63) is 59.5 Å². The van der Waals surface area contributed by atoms with Crippen molar-refractivity contribution in [3.63, 3.8) is 0 Å². The lowest BCUT2D eigenvalue weighted by atomic mass is 10.1. The highest BCUT2D eigenvalue weighted by atomic mass is 32.2. The smallest absolute Gasteiger partial charge is 0.239 e. The third-order valence-corrected chi connectivity index (χ3v) is 6.79. The summed E-state index contributed by atoms with van der Waals surface area (Å²) in [5, 5.41) is 6.19. The van der Waals surface area contributed by atoms with Crippen molar-refractivity contribution >= 4 is 45.7 Å². The molecule has 2 amide bonds. The van der Waals surface area contributed by atoms with Crippen molar-refractivity contribution in [2.45, 2.75) is 36.8 Å². The van der Waals surface area contributed by atoms with Gasteiger partial charge >= 0.3 is 0 Å². The van der Waals surface area contributed by atoms with Crippen LogP contribution in [-0.4, -0.2) is 22.0 Å². The van der Waals surface area contributed by atoms with Gasteiger partial charge in [0.15, 0.2) is 5.13 Å².